The number of aliphatic hydroxyl groups excluding tert-OH is 1. The number of hydrogen-bond donors (Lipinski definition) is 2. The maximum absolute atomic E-state index is 12.4. The highest BCUT2D eigenvalue weighted by Gasteiger charge is 2.46. The summed E-state index contributed by atoms with van der Waals surface area (Å²) < 4.78 is 12.1. The van der Waals surface area contributed by atoms with Gasteiger partial charge in [0.05, 0.1) is 31.4 Å². The average molecular weight is 397 g/mol. The zero-order valence-corrected chi connectivity index (χ0v) is 16.7. The molecule has 29 heavy (non-hydrogen) atoms. The molecule has 4 atom stereocenters. The van der Waals surface area contributed by atoms with E-state index in [0.29, 0.717) is 13.0 Å². The van der Waals surface area contributed by atoms with Gasteiger partial charge in [-0.2, -0.15) is 0 Å². The second-order valence-electron chi connectivity index (χ2n) is 7.82. The lowest BCUT2D eigenvalue weighted by molar-refractivity contribution is -0.142. The monoisotopic (exact) mass is 397 g/mol. The Morgan fingerprint density at radius 1 is 1.31 bits per heavy atom. The van der Waals surface area contributed by atoms with Crippen LogP contribution >= 0.6 is 0 Å². The van der Waals surface area contributed by atoms with Crippen molar-refractivity contribution in [3.05, 3.63) is 53.9 Å². The minimum Gasteiger partial charge on any atom is -0.487 e. The van der Waals surface area contributed by atoms with Crippen molar-refractivity contribution in [2.24, 2.45) is 0 Å². The van der Waals surface area contributed by atoms with Crippen molar-refractivity contribution >= 4 is 11.6 Å². The van der Waals surface area contributed by atoms with Crippen molar-refractivity contribution in [3.63, 3.8) is 0 Å². The molecule has 0 unspecified atom stereocenters. The van der Waals surface area contributed by atoms with Gasteiger partial charge in [-0.25, -0.2) is 0 Å². The van der Waals surface area contributed by atoms with Gasteiger partial charge in [0.2, 0.25) is 5.91 Å². The molecule has 0 spiro atoms. The van der Waals surface area contributed by atoms with Gasteiger partial charge < -0.3 is 24.8 Å². The summed E-state index contributed by atoms with van der Waals surface area (Å²) >= 11 is 0. The smallest absolute Gasteiger partial charge is 0.222 e. The first kappa shape index (κ1) is 19.7. The molecule has 0 radical (unpaired) electrons. The molecule has 2 N–H and O–H groups in total. The van der Waals surface area contributed by atoms with E-state index < -0.39 is 6.10 Å². The Bertz CT molecular complexity index is 858. The lowest BCUT2D eigenvalue weighted by Crippen LogP contribution is -2.47. The lowest BCUT2D eigenvalue weighted by Gasteiger charge is -2.37. The Morgan fingerprint density at radius 2 is 2.17 bits per heavy atom. The van der Waals surface area contributed by atoms with E-state index in [0.717, 1.165) is 22.7 Å². The van der Waals surface area contributed by atoms with E-state index in [1.165, 1.54) is 0 Å². The Hall–Kier alpha value is -2.64. The molecule has 0 saturated carbocycles. The van der Waals surface area contributed by atoms with Gasteiger partial charge in [-0.05, 0) is 36.8 Å². The van der Waals surface area contributed by atoms with E-state index in [4.69, 9.17) is 9.47 Å². The van der Waals surface area contributed by atoms with Gasteiger partial charge in [0.1, 0.15) is 18.0 Å². The summed E-state index contributed by atoms with van der Waals surface area (Å²) in [6.07, 6.45) is 1.70. The number of rotatable bonds is 6. The molecule has 7 heteroatoms. The highest BCUT2D eigenvalue weighted by molar-refractivity contribution is 5.76. The number of aliphatic hydroxyl groups is 1. The SMILES string of the molecule is CN(C)c1ccc2c(c1)[C@H]1C[C@@H](CC(=O)NCc3ccccn3)O[C@@H](CO)[C@H]1O2. The normalized spacial score (nSPS) is 24.9. The fourth-order valence-electron chi connectivity index (χ4n) is 4.13. The third-order valence-corrected chi connectivity index (χ3v) is 5.61. The van der Waals surface area contributed by atoms with Crippen molar-refractivity contribution in [1.82, 2.24) is 10.3 Å². The third-order valence-electron chi connectivity index (χ3n) is 5.61. The van der Waals surface area contributed by atoms with Gasteiger partial charge in [0, 0.05) is 37.5 Å². The molecule has 7 nitrogen and oxygen atoms in total. The molecule has 1 fully saturated rings. The minimum absolute atomic E-state index is 0.0861. The summed E-state index contributed by atoms with van der Waals surface area (Å²) in [6.45, 7) is 0.252. The van der Waals surface area contributed by atoms with E-state index in [1.807, 2.05) is 44.4 Å². The number of nitrogens with one attached hydrogen (secondary N) is 1. The summed E-state index contributed by atoms with van der Waals surface area (Å²) in [5, 5.41) is 12.7. The molecule has 1 aromatic carbocycles. The number of pyridine rings is 1. The Kier molecular flexibility index (Phi) is 5.69. The molecule has 1 saturated heterocycles. The number of aromatic nitrogens is 1. The molecular formula is C22H27N3O4. The maximum Gasteiger partial charge on any atom is 0.222 e. The fraction of sp³-hybridized carbons (Fsp3) is 0.455. The van der Waals surface area contributed by atoms with Crippen LogP contribution in [0.25, 0.3) is 0 Å². The van der Waals surface area contributed by atoms with E-state index >= 15 is 0 Å². The second-order valence-corrected chi connectivity index (χ2v) is 7.82. The summed E-state index contributed by atoms with van der Waals surface area (Å²) in [5.41, 5.74) is 3.04. The predicted molar refractivity (Wildman–Crippen MR) is 109 cm³/mol. The summed E-state index contributed by atoms with van der Waals surface area (Å²) in [4.78, 5) is 18.7. The van der Waals surface area contributed by atoms with Crippen LogP contribution in [0.1, 0.15) is 30.0 Å². The van der Waals surface area contributed by atoms with Gasteiger partial charge in [-0.3, -0.25) is 9.78 Å². The number of hydrogen-bond acceptors (Lipinski definition) is 6. The molecule has 1 amide bonds. The van der Waals surface area contributed by atoms with Crippen molar-refractivity contribution in [2.45, 2.75) is 43.6 Å². The van der Waals surface area contributed by atoms with Crippen LogP contribution in [0.5, 0.6) is 5.75 Å². The maximum atomic E-state index is 12.4. The molecule has 154 valence electrons. The summed E-state index contributed by atoms with van der Waals surface area (Å²) in [7, 11) is 4.01. The molecule has 2 aromatic rings. The third kappa shape index (κ3) is 4.21. The number of carbonyl (C=O) groups excluding carboxylic acids is 1. The first-order valence-electron chi connectivity index (χ1n) is 9.96. The first-order valence-corrected chi connectivity index (χ1v) is 9.96. The van der Waals surface area contributed by atoms with Gasteiger partial charge in [-0.15, -0.1) is 0 Å². The van der Waals surface area contributed by atoms with E-state index in [2.05, 4.69) is 21.3 Å². The van der Waals surface area contributed by atoms with Crippen molar-refractivity contribution in [1.29, 1.82) is 0 Å². The highest BCUT2D eigenvalue weighted by atomic mass is 16.6. The number of ether oxygens (including phenoxy) is 2. The molecule has 3 heterocycles. The molecule has 0 bridgehead atoms. The summed E-state index contributed by atoms with van der Waals surface area (Å²) in [6, 6.07) is 11.7. The standard InChI is InChI=1S/C22H27N3O4/c1-25(2)15-6-7-19-17(9-15)18-10-16(28-20(13-26)22(18)29-19)11-21(27)24-12-14-5-3-4-8-23-14/h3-9,16,18,20,22,26H,10-13H2,1-2H3,(H,24,27)/t16-,18+,20-,22-/m0/s1. The van der Waals surface area contributed by atoms with Crippen LogP contribution in [0.4, 0.5) is 5.69 Å². The Balaban J connectivity index is 1.44. The number of amides is 1. The lowest BCUT2D eigenvalue weighted by atomic mass is 9.84. The number of nitrogens with zero attached hydrogens (tertiary/aromatic N) is 2. The van der Waals surface area contributed by atoms with Crippen molar-refractivity contribution in [2.75, 3.05) is 25.6 Å². The van der Waals surface area contributed by atoms with Crippen LogP contribution in [0.2, 0.25) is 0 Å². The molecule has 0 aliphatic carbocycles. The van der Waals surface area contributed by atoms with Crippen LogP contribution < -0.4 is 15.0 Å². The van der Waals surface area contributed by atoms with E-state index in [-0.39, 0.29) is 37.1 Å². The zero-order chi connectivity index (χ0) is 20.4. The number of carbonyl (C=O) groups is 1. The van der Waals surface area contributed by atoms with Crippen LogP contribution in [0, 0.1) is 0 Å². The van der Waals surface area contributed by atoms with Crippen molar-refractivity contribution in [3.8, 4) is 5.75 Å². The summed E-state index contributed by atoms with van der Waals surface area (Å²) in [5.74, 6) is 0.856. The zero-order valence-electron chi connectivity index (χ0n) is 16.7. The molecular weight excluding hydrogens is 370 g/mol. The predicted octanol–water partition coefficient (Wildman–Crippen LogP) is 1.85. The minimum atomic E-state index is -0.447. The van der Waals surface area contributed by atoms with Crippen molar-refractivity contribution < 1.29 is 19.4 Å². The number of fused-ring (bicyclic) bond motifs is 3. The van der Waals surface area contributed by atoms with E-state index in [1.54, 1.807) is 6.20 Å². The molecule has 4 rings (SSSR count). The van der Waals surface area contributed by atoms with Crippen LogP contribution in [-0.2, 0) is 16.1 Å². The highest BCUT2D eigenvalue weighted by Crippen LogP contribution is 2.47. The molecule has 1 aromatic heterocycles. The van der Waals surface area contributed by atoms with Gasteiger partial charge in [-0.1, -0.05) is 6.07 Å². The van der Waals surface area contributed by atoms with Crippen LogP contribution in [0.15, 0.2) is 42.6 Å². The largest absolute Gasteiger partial charge is 0.487 e. The first-order chi connectivity index (χ1) is 14.0. The van der Waals surface area contributed by atoms with Gasteiger partial charge in [0.15, 0.2) is 0 Å². The number of anilines is 1. The molecule has 2 aliphatic rings. The van der Waals surface area contributed by atoms with Gasteiger partial charge >= 0.3 is 0 Å². The van der Waals surface area contributed by atoms with Crippen LogP contribution in [-0.4, -0.2) is 55.0 Å². The Morgan fingerprint density at radius 3 is 2.90 bits per heavy atom. The molecule has 2 aliphatic heterocycles. The average Bonchev–Trinajstić information content (AvgIpc) is 3.10. The quantitative estimate of drug-likeness (QED) is 0.774. The Labute approximate surface area is 170 Å². The van der Waals surface area contributed by atoms with Crippen LogP contribution in [0.3, 0.4) is 0 Å². The van der Waals surface area contributed by atoms with Gasteiger partial charge in [0.25, 0.3) is 0 Å². The second kappa shape index (κ2) is 8.39. The topological polar surface area (TPSA) is 83.9 Å². The number of benzene rings is 1. The fourth-order valence-corrected chi connectivity index (χ4v) is 4.13. The van der Waals surface area contributed by atoms with E-state index in [9.17, 15) is 9.90 Å².